The summed E-state index contributed by atoms with van der Waals surface area (Å²) in [6.07, 6.45) is 1.49. The second-order valence-electron chi connectivity index (χ2n) is 7.36. The number of thiazole rings is 1. The molecular formula is C24H22N4O4S. The van der Waals surface area contributed by atoms with E-state index in [0.29, 0.717) is 23.1 Å². The quantitative estimate of drug-likeness (QED) is 0.148. The highest BCUT2D eigenvalue weighted by molar-refractivity contribution is 7.22. The Morgan fingerprint density at radius 3 is 2.58 bits per heavy atom. The van der Waals surface area contributed by atoms with Crippen LogP contribution in [0.2, 0.25) is 0 Å². The van der Waals surface area contributed by atoms with Crippen molar-refractivity contribution in [3.8, 4) is 11.5 Å². The zero-order valence-electron chi connectivity index (χ0n) is 18.1. The molecule has 33 heavy (non-hydrogen) atoms. The number of fused-ring (bicyclic) bond motifs is 1. The van der Waals surface area contributed by atoms with Crippen LogP contribution < -0.4 is 14.9 Å². The summed E-state index contributed by atoms with van der Waals surface area (Å²) >= 11 is 1.47. The van der Waals surface area contributed by atoms with Gasteiger partial charge in [0.05, 0.1) is 21.4 Å². The fourth-order valence-electron chi connectivity index (χ4n) is 3.29. The smallest absolute Gasteiger partial charge is 0.270 e. The number of aromatic nitrogens is 1. The van der Waals surface area contributed by atoms with E-state index in [0.717, 1.165) is 27.1 Å². The van der Waals surface area contributed by atoms with Crippen LogP contribution in [0.3, 0.4) is 0 Å². The first kappa shape index (κ1) is 22.2. The van der Waals surface area contributed by atoms with E-state index >= 15 is 0 Å². The lowest BCUT2D eigenvalue weighted by Gasteiger charge is -2.11. The van der Waals surface area contributed by atoms with Crippen molar-refractivity contribution in [2.75, 3.05) is 18.6 Å². The number of rotatable bonds is 9. The minimum Gasteiger partial charge on any atom is -0.490 e. The Labute approximate surface area is 194 Å². The molecule has 0 unspecified atom stereocenters. The molecule has 1 aromatic heterocycles. The molecule has 0 saturated carbocycles. The normalized spacial score (nSPS) is 11.1. The number of nitro benzene ring substituents is 1. The summed E-state index contributed by atoms with van der Waals surface area (Å²) < 4.78 is 12.6. The van der Waals surface area contributed by atoms with Crippen LogP contribution in [0, 0.1) is 24.0 Å². The maximum atomic E-state index is 11.2. The van der Waals surface area contributed by atoms with Crippen LogP contribution >= 0.6 is 11.3 Å². The molecule has 0 fully saturated rings. The van der Waals surface area contributed by atoms with Gasteiger partial charge in [-0.15, -0.1) is 0 Å². The minimum absolute atomic E-state index is 0.0460. The molecule has 9 heteroatoms. The zero-order valence-corrected chi connectivity index (χ0v) is 19.0. The van der Waals surface area contributed by atoms with E-state index in [4.69, 9.17) is 9.47 Å². The maximum Gasteiger partial charge on any atom is 0.270 e. The monoisotopic (exact) mass is 462 g/mol. The van der Waals surface area contributed by atoms with E-state index in [1.807, 2.05) is 50.2 Å². The van der Waals surface area contributed by atoms with Crippen molar-refractivity contribution in [2.24, 2.45) is 5.10 Å². The molecular weight excluding hydrogens is 440 g/mol. The number of hydrogen-bond acceptors (Lipinski definition) is 8. The molecule has 4 aromatic rings. The fraction of sp³-hybridized carbons (Fsp3) is 0.167. The lowest BCUT2D eigenvalue weighted by atomic mass is 10.1. The summed E-state index contributed by atoms with van der Waals surface area (Å²) in [4.78, 5) is 15.2. The van der Waals surface area contributed by atoms with Crippen molar-refractivity contribution in [2.45, 2.75) is 13.8 Å². The van der Waals surface area contributed by atoms with Gasteiger partial charge in [0, 0.05) is 17.7 Å². The average Bonchev–Trinajstić information content (AvgIpc) is 3.19. The maximum absolute atomic E-state index is 11.2. The second kappa shape index (κ2) is 10.1. The molecule has 0 spiro atoms. The lowest BCUT2D eigenvalue weighted by molar-refractivity contribution is -0.384. The van der Waals surface area contributed by atoms with Crippen LogP contribution in [0.1, 0.15) is 16.7 Å². The van der Waals surface area contributed by atoms with Crippen molar-refractivity contribution in [1.29, 1.82) is 0 Å². The molecule has 0 aliphatic heterocycles. The van der Waals surface area contributed by atoms with Gasteiger partial charge in [0.2, 0.25) is 5.13 Å². The largest absolute Gasteiger partial charge is 0.490 e. The van der Waals surface area contributed by atoms with Gasteiger partial charge in [-0.2, -0.15) is 5.10 Å². The van der Waals surface area contributed by atoms with Crippen molar-refractivity contribution >= 4 is 38.6 Å². The first-order chi connectivity index (χ1) is 16.0. The van der Waals surface area contributed by atoms with E-state index in [9.17, 15) is 10.1 Å². The van der Waals surface area contributed by atoms with Crippen LogP contribution in [0.15, 0.2) is 65.8 Å². The number of anilines is 1. The summed E-state index contributed by atoms with van der Waals surface area (Å²) in [6.45, 7) is 4.64. The number of non-ortho nitro benzene ring substituents is 1. The van der Waals surface area contributed by atoms with Crippen molar-refractivity contribution < 1.29 is 14.4 Å². The van der Waals surface area contributed by atoms with Gasteiger partial charge in [-0.3, -0.25) is 15.5 Å². The van der Waals surface area contributed by atoms with Crippen molar-refractivity contribution in [3.63, 3.8) is 0 Å². The van der Waals surface area contributed by atoms with Crippen LogP contribution in [-0.2, 0) is 0 Å². The molecule has 0 radical (unpaired) electrons. The Morgan fingerprint density at radius 2 is 1.82 bits per heavy atom. The predicted molar refractivity (Wildman–Crippen MR) is 131 cm³/mol. The standard InChI is InChI=1S/C24H22N4O4S/c1-16-11-17(2)13-20(12-16)31-9-10-32-22-8-7-19(28(29)30)14-18(22)15-25-27-24-26-21-5-3-4-6-23(21)33-24/h3-8,11-15H,9-10H2,1-2H3,(H,26,27)/b25-15+. The van der Waals surface area contributed by atoms with Gasteiger partial charge in [-0.1, -0.05) is 29.5 Å². The minimum atomic E-state index is -0.453. The number of nitrogens with one attached hydrogen (secondary N) is 1. The Kier molecular flexibility index (Phi) is 6.80. The van der Waals surface area contributed by atoms with Crippen LogP contribution in [0.5, 0.6) is 11.5 Å². The number of nitrogens with zero attached hydrogens (tertiary/aromatic N) is 3. The van der Waals surface area contributed by atoms with Gasteiger partial charge in [-0.05, 0) is 55.3 Å². The van der Waals surface area contributed by atoms with Gasteiger partial charge < -0.3 is 9.47 Å². The number of hydrazone groups is 1. The van der Waals surface area contributed by atoms with Crippen molar-refractivity contribution in [1.82, 2.24) is 4.98 Å². The third kappa shape index (κ3) is 5.83. The van der Waals surface area contributed by atoms with Gasteiger partial charge in [0.1, 0.15) is 24.7 Å². The molecule has 4 rings (SSSR count). The summed E-state index contributed by atoms with van der Waals surface area (Å²) in [7, 11) is 0. The highest BCUT2D eigenvalue weighted by atomic mass is 32.1. The molecule has 168 valence electrons. The Balaban J connectivity index is 1.42. The Bertz CT molecular complexity index is 1270. The van der Waals surface area contributed by atoms with E-state index < -0.39 is 4.92 Å². The molecule has 1 heterocycles. The first-order valence-corrected chi connectivity index (χ1v) is 11.1. The summed E-state index contributed by atoms with van der Waals surface area (Å²) in [5.74, 6) is 1.25. The molecule has 0 aliphatic carbocycles. The first-order valence-electron chi connectivity index (χ1n) is 10.2. The summed E-state index contributed by atoms with van der Waals surface area (Å²) in [5, 5.41) is 16.0. The van der Waals surface area contributed by atoms with Gasteiger partial charge in [0.15, 0.2) is 0 Å². The molecule has 0 saturated heterocycles. The number of nitro groups is 1. The topological polar surface area (TPSA) is 98.9 Å². The molecule has 1 N–H and O–H groups in total. The number of benzene rings is 3. The summed E-state index contributed by atoms with van der Waals surface area (Å²) in [5.41, 5.74) is 6.44. The molecule has 0 bridgehead atoms. The van der Waals surface area contributed by atoms with Gasteiger partial charge in [0.25, 0.3) is 5.69 Å². The SMILES string of the molecule is Cc1cc(C)cc(OCCOc2ccc([N+](=O)[O-])cc2/C=N/Nc2nc3ccccc3s2)c1. The third-order valence-electron chi connectivity index (χ3n) is 4.67. The molecule has 3 aromatic carbocycles. The van der Waals surface area contributed by atoms with E-state index in [1.54, 1.807) is 6.07 Å². The van der Waals surface area contributed by atoms with E-state index in [2.05, 4.69) is 21.6 Å². The van der Waals surface area contributed by atoms with Crippen LogP contribution in [-0.4, -0.2) is 29.3 Å². The van der Waals surface area contributed by atoms with Crippen LogP contribution in [0.4, 0.5) is 10.8 Å². The Morgan fingerprint density at radius 1 is 1.06 bits per heavy atom. The van der Waals surface area contributed by atoms with Gasteiger partial charge in [-0.25, -0.2) is 4.98 Å². The fourth-order valence-corrected chi connectivity index (χ4v) is 4.10. The molecule has 0 atom stereocenters. The number of para-hydroxylation sites is 1. The highest BCUT2D eigenvalue weighted by Crippen LogP contribution is 2.26. The average molecular weight is 463 g/mol. The second-order valence-corrected chi connectivity index (χ2v) is 8.39. The zero-order chi connectivity index (χ0) is 23.2. The molecule has 0 aliphatic rings. The summed E-state index contributed by atoms with van der Waals surface area (Å²) in [6, 6.07) is 18.2. The highest BCUT2D eigenvalue weighted by Gasteiger charge is 2.11. The lowest BCUT2D eigenvalue weighted by Crippen LogP contribution is -2.10. The van der Waals surface area contributed by atoms with Crippen molar-refractivity contribution in [3.05, 3.63) is 87.5 Å². The van der Waals surface area contributed by atoms with Crippen LogP contribution in [0.25, 0.3) is 10.2 Å². The van der Waals surface area contributed by atoms with Gasteiger partial charge >= 0.3 is 0 Å². The third-order valence-corrected chi connectivity index (χ3v) is 5.61. The van der Waals surface area contributed by atoms with E-state index in [-0.39, 0.29) is 12.3 Å². The van der Waals surface area contributed by atoms with E-state index in [1.165, 1.54) is 29.7 Å². The predicted octanol–water partition coefficient (Wildman–Crippen LogP) is 5.73. The molecule has 8 nitrogen and oxygen atoms in total. The Hall–Kier alpha value is -3.98. The number of aryl methyl sites for hydroxylation is 2. The number of hydrogen-bond donors (Lipinski definition) is 1. The molecule has 0 amide bonds. The number of ether oxygens (including phenoxy) is 2.